The van der Waals surface area contributed by atoms with Crippen molar-refractivity contribution in [2.45, 2.75) is 104 Å². The Morgan fingerprint density at radius 3 is 2.17 bits per heavy atom. The lowest BCUT2D eigenvalue weighted by Gasteiger charge is -2.54. The molecular formula is C23H40. The van der Waals surface area contributed by atoms with Crippen LogP contribution in [-0.2, 0) is 0 Å². The molecule has 4 rings (SSSR count). The topological polar surface area (TPSA) is 0 Å². The summed E-state index contributed by atoms with van der Waals surface area (Å²) in [6, 6.07) is 0. The van der Waals surface area contributed by atoms with E-state index in [0.717, 1.165) is 29.6 Å². The minimum Gasteiger partial charge on any atom is -0.0591 e. The van der Waals surface area contributed by atoms with Gasteiger partial charge in [-0.05, 0) is 85.4 Å². The number of hydrogen-bond acceptors (Lipinski definition) is 0. The van der Waals surface area contributed by atoms with E-state index in [1.54, 1.807) is 38.5 Å². The fraction of sp³-hybridized carbons (Fsp3) is 1.00. The Hall–Kier alpha value is 0. The smallest absolute Gasteiger partial charge is 0.0272 e. The minimum absolute atomic E-state index is 0.561. The number of fused-ring (bicyclic) bond motifs is 3. The van der Waals surface area contributed by atoms with Crippen molar-refractivity contribution in [3.63, 3.8) is 0 Å². The van der Waals surface area contributed by atoms with Gasteiger partial charge in [-0.1, -0.05) is 59.3 Å². The molecule has 0 aromatic carbocycles. The predicted octanol–water partition coefficient (Wildman–Crippen LogP) is 7.23. The summed E-state index contributed by atoms with van der Waals surface area (Å²) < 4.78 is 0. The second-order valence-corrected chi connectivity index (χ2v) is 10.7. The van der Waals surface area contributed by atoms with Crippen LogP contribution < -0.4 is 0 Å². The van der Waals surface area contributed by atoms with Crippen molar-refractivity contribution in [1.29, 1.82) is 0 Å². The molecular weight excluding hydrogens is 276 g/mol. The molecule has 0 aromatic heterocycles. The Balaban J connectivity index is 1.50. The van der Waals surface area contributed by atoms with E-state index in [9.17, 15) is 0 Å². The number of rotatable bonds is 2. The van der Waals surface area contributed by atoms with Crippen LogP contribution in [0.5, 0.6) is 0 Å². The van der Waals surface area contributed by atoms with Crippen LogP contribution in [0.25, 0.3) is 0 Å². The molecule has 5 atom stereocenters. The van der Waals surface area contributed by atoms with Crippen molar-refractivity contribution in [2.75, 3.05) is 0 Å². The third-order valence-electron chi connectivity index (χ3n) is 9.70. The van der Waals surface area contributed by atoms with Crippen LogP contribution in [-0.4, -0.2) is 0 Å². The molecule has 0 heteroatoms. The molecule has 0 N–H and O–H groups in total. The van der Waals surface area contributed by atoms with Crippen molar-refractivity contribution in [1.82, 2.24) is 0 Å². The van der Waals surface area contributed by atoms with Gasteiger partial charge >= 0.3 is 0 Å². The molecule has 4 saturated carbocycles. The van der Waals surface area contributed by atoms with Crippen LogP contribution in [0, 0.1) is 40.4 Å². The SMILES string of the molecule is CC1(C(C)(C)C2CCC3CC4CCCCC4C3C2)CCCCC1. The van der Waals surface area contributed by atoms with Gasteiger partial charge in [-0.3, -0.25) is 0 Å². The van der Waals surface area contributed by atoms with E-state index in [1.165, 1.54) is 44.9 Å². The molecule has 0 aromatic rings. The van der Waals surface area contributed by atoms with Crippen molar-refractivity contribution >= 4 is 0 Å². The highest BCUT2D eigenvalue weighted by Gasteiger charge is 2.52. The zero-order valence-corrected chi connectivity index (χ0v) is 16.1. The van der Waals surface area contributed by atoms with E-state index in [-0.39, 0.29) is 0 Å². The standard InChI is InChI=1S/C23H40/c1-22(2,23(3)13-7-4-8-14-23)19-12-11-18-15-17-9-5-6-10-20(17)21(18)16-19/h17-21H,4-16H2,1-3H3. The second kappa shape index (κ2) is 6.06. The molecule has 23 heavy (non-hydrogen) atoms. The fourth-order valence-electron chi connectivity index (χ4n) is 7.69. The van der Waals surface area contributed by atoms with Gasteiger partial charge in [0.2, 0.25) is 0 Å². The van der Waals surface area contributed by atoms with Gasteiger partial charge in [0.1, 0.15) is 0 Å². The largest absolute Gasteiger partial charge is 0.0591 e. The lowest BCUT2D eigenvalue weighted by Crippen LogP contribution is -2.45. The van der Waals surface area contributed by atoms with Gasteiger partial charge in [-0.15, -0.1) is 0 Å². The lowest BCUT2D eigenvalue weighted by molar-refractivity contribution is -0.0413. The molecule has 132 valence electrons. The molecule has 5 unspecified atom stereocenters. The molecule has 0 radical (unpaired) electrons. The second-order valence-electron chi connectivity index (χ2n) is 10.7. The van der Waals surface area contributed by atoms with Gasteiger partial charge in [0.25, 0.3) is 0 Å². The average Bonchev–Trinajstić information content (AvgIpc) is 2.93. The van der Waals surface area contributed by atoms with Crippen molar-refractivity contribution in [3.8, 4) is 0 Å². The van der Waals surface area contributed by atoms with Crippen LogP contribution in [0.4, 0.5) is 0 Å². The van der Waals surface area contributed by atoms with Crippen LogP contribution in [0.1, 0.15) is 104 Å². The Morgan fingerprint density at radius 1 is 0.696 bits per heavy atom. The Bertz CT molecular complexity index is 414. The van der Waals surface area contributed by atoms with Crippen molar-refractivity contribution in [3.05, 3.63) is 0 Å². The summed E-state index contributed by atoms with van der Waals surface area (Å²) in [5, 5.41) is 0. The zero-order chi connectivity index (χ0) is 16.1. The maximum Gasteiger partial charge on any atom is -0.0272 e. The first-order chi connectivity index (χ1) is 11.0. The predicted molar refractivity (Wildman–Crippen MR) is 99.4 cm³/mol. The Morgan fingerprint density at radius 2 is 1.39 bits per heavy atom. The fourth-order valence-corrected chi connectivity index (χ4v) is 7.69. The molecule has 4 fully saturated rings. The normalized spacial score (nSPS) is 43.7. The number of hydrogen-bond donors (Lipinski definition) is 0. The quantitative estimate of drug-likeness (QED) is 0.504. The van der Waals surface area contributed by atoms with Gasteiger partial charge in [0.05, 0.1) is 0 Å². The summed E-state index contributed by atoms with van der Waals surface area (Å²) in [6.45, 7) is 7.98. The summed E-state index contributed by atoms with van der Waals surface area (Å²) >= 11 is 0. The molecule has 4 aliphatic rings. The molecule has 0 saturated heterocycles. The highest BCUT2D eigenvalue weighted by atomic mass is 14.6. The average molecular weight is 317 g/mol. The third-order valence-corrected chi connectivity index (χ3v) is 9.70. The monoisotopic (exact) mass is 316 g/mol. The van der Waals surface area contributed by atoms with Gasteiger partial charge < -0.3 is 0 Å². The third kappa shape index (κ3) is 2.71. The molecule has 4 aliphatic carbocycles. The molecule has 0 aliphatic heterocycles. The van der Waals surface area contributed by atoms with Gasteiger partial charge in [-0.25, -0.2) is 0 Å². The van der Waals surface area contributed by atoms with Gasteiger partial charge in [0.15, 0.2) is 0 Å². The Labute approximate surface area is 145 Å². The maximum atomic E-state index is 2.66. The van der Waals surface area contributed by atoms with E-state index in [0.29, 0.717) is 10.8 Å². The van der Waals surface area contributed by atoms with E-state index >= 15 is 0 Å². The van der Waals surface area contributed by atoms with Gasteiger partial charge in [-0.2, -0.15) is 0 Å². The van der Waals surface area contributed by atoms with Gasteiger partial charge in [0, 0.05) is 0 Å². The van der Waals surface area contributed by atoms with E-state index in [4.69, 9.17) is 0 Å². The molecule has 0 heterocycles. The summed E-state index contributed by atoms with van der Waals surface area (Å²) in [4.78, 5) is 0. The summed E-state index contributed by atoms with van der Waals surface area (Å²) in [5.41, 5.74) is 1.18. The highest BCUT2D eigenvalue weighted by molar-refractivity contribution is 5.02. The first kappa shape index (κ1) is 16.5. The molecule has 0 spiro atoms. The molecule has 0 amide bonds. The lowest BCUT2D eigenvalue weighted by atomic mass is 9.51. The minimum atomic E-state index is 0.561. The Kier molecular flexibility index (Phi) is 4.34. The summed E-state index contributed by atoms with van der Waals surface area (Å²) in [7, 11) is 0. The molecule has 0 nitrogen and oxygen atoms in total. The zero-order valence-electron chi connectivity index (χ0n) is 16.1. The van der Waals surface area contributed by atoms with Crippen LogP contribution in [0.15, 0.2) is 0 Å². The van der Waals surface area contributed by atoms with Crippen LogP contribution in [0.2, 0.25) is 0 Å². The van der Waals surface area contributed by atoms with Crippen molar-refractivity contribution in [2.24, 2.45) is 40.4 Å². The maximum absolute atomic E-state index is 2.66. The van der Waals surface area contributed by atoms with Crippen molar-refractivity contribution < 1.29 is 0 Å². The first-order valence-corrected chi connectivity index (χ1v) is 11.0. The summed E-state index contributed by atoms with van der Waals surface area (Å²) in [5.74, 6) is 5.50. The first-order valence-electron chi connectivity index (χ1n) is 11.0. The van der Waals surface area contributed by atoms with E-state index in [1.807, 2.05) is 0 Å². The summed E-state index contributed by atoms with van der Waals surface area (Å²) in [6.07, 6.45) is 20.0. The van der Waals surface area contributed by atoms with Crippen LogP contribution in [0.3, 0.4) is 0 Å². The van der Waals surface area contributed by atoms with Crippen LogP contribution >= 0.6 is 0 Å². The molecule has 0 bridgehead atoms. The van der Waals surface area contributed by atoms with E-state index < -0.39 is 0 Å². The van der Waals surface area contributed by atoms with E-state index in [2.05, 4.69) is 20.8 Å². The highest BCUT2D eigenvalue weighted by Crippen LogP contribution is 2.61.